The molecule has 0 radical (unpaired) electrons. The molecule has 1 fully saturated rings. The van der Waals surface area contributed by atoms with E-state index in [-0.39, 0.29) is 23.4 Å². The van der Waals surface area contributed by atoms with Crippen molar-refractivity contribution in [1.82, 2.24) is 4.98 Å². The molecule has 1 heterocycles. The molecule has 0 atom stereocenters. The van der Waals surface area contributed by atoms with Gasteiger partial charge in [0.05, 0.1) is 20.8 Å². The summed E-state index contributed by atoms with van der Waals surface area (Å²) in [6, 6.07) is 11.2. The normalized spacial score (nSPS) is 15.2. The number of anilines is 2. The number of aromatic nitrogens is 1. The topological polar surface area (TPSA) is 113 Å². The van der Waals surface area contributed by atoms with Crippen molar-refractivity contribution in [3.05, 3.63) is 42.0 Å². The van der Waals surface area contributed by atoms with Gasteiger partial charge in [-0.3, -0.25) is 4.79 Å². The summed E-state index contributed by atoms with van der Waals surface area (Å²) in [5, 5.41) is 14.6. The third-order valence-corrected chi connectivity index (χ3v) is 7.59. The molecule has 3 aromatic rings. The maximum absolute atomic E-state index is 12.4. The standard InChI is InChI=1S/C23H27N5O3S2/c1-15-8-10-17(11-9-15)26-22(29)14-24-28-23-27-18-12-19(25-16-6-4-3-5-7-16)21(33(2,30)31)13-20(18)32-23/h8-13,16,25H,3-7,14H2,1-2H3,(H,26,29). The Morgan fingerprint density at radius 2 is 1.88 bits per heavy atom. The lowest BCUT2D eigenvalue weighted by Crippen LogP contribution is -2.23. The van der Waals surface area contributed by atoms with Crippen molar-refractivity contribution >= 4 is 53.8 Å². The van der Waals surface area contributed by atoms with Crippen LogP contribution in [0.1, 0.15) is 37.7 Å². The highest BCUT2D eigenvalue weighted by Gasteiger charge is 2.20. The highest BCUT2D eigenvalue weighted by molar-refractivity contribution is 7.90. The number of azo groups is 1. The van der Waals surface area contributed by atoms with E-state index in [1.54, 1.807) is 12.1 Å². The molecule has 2 aromatic carbocycles. The number of amides is 1. The third kappa shape index (κ3) is 6.14. The Labute approximate surface area is 197 Å². The van der Waals surface area contributed by atoms with Crippen molar-refractivity contribution in [1.29, 1.82) is 0 Å². The van der Waals surface area contributed by atoms with Crippen molar-refractivity contribution in [2.75, 3.05) is 23.4 Å². The fraction of sp³-hybridized carbons (Fsp3) is 0.391. The zero-order chi connectivity index (χ0) is 23.4. The van der Waals surface area contributed by atoms with E-state index in [9.17, 15) is 13.2 Å². The number of benzene rings is 2. The van der Waals surface area contributed by atoms with Crippen molar-refractivity contribution in [3.8, 4) is 0 Å². The van der Waals surface area contributed by atoms with E-state index in [1.165, 1.54) is 24.0 Å². The van der Waals surface area contributed by atoms with E-state index < -0.39 is 9.84 Å². The Hall–Kier alpha value is -2.85. The van der Waals surface area contributed by atoms with Gasteiger partial charge < -0.3 is 10.6 Å². The fourth-order valence-electron chi connectivity index (χ4n) is 3.87. The first kappa shape index (κ1) is 23.3. The number of thiazole rings is 1. The number of hydrogen-bond donors (Lipinski definition) is 2. The smallest absolute Gasteiger partial charge is 0.247 e. The number of fused-ring (bicyclic) bond motifs is 1. The second-order valence-electron chi connectivity index (χ2n) is 8.38. The van der Waals surface area contributed by atoms with Crippen LogP contribution in [0.2, 0.25) is 0 Å². The molecule has 0 bridgehead atoms. The van der Waals surface area contributed by atoms with Gasteiger partial charge in [0.15, 0.2) is 9.84 Å². The molecule has 0 unspecified atom stereocenters. The molecule has 4 rings (SSSR count). The van der Waals surface area contributed by atoms with Crippen LogP contribution in [-0.4, -0.2) is 38.2 Å². The van der Waals surface area contributed by atoms with Crippen molar-refractivity contribution in [3.63, 3.8) is 0 Å². The predicted molar refractivity (Wildman–Crippen MR) is 132 cm³/mol. The lowest BCUT2D eigenvalue weighted by molar-refractivity contribution is -0.114. The van der Waals surface area contributed by atoms with Crippen LogP contribution in [0.15, 0.2) is 51.5 Å². The Balaban J connectivity index is 1.49. The molecule has 1 aliphatic carbocycles. The summed E-state index contributed by atoms with van der Waals surface area (Å²) in [6.07, 6.45) is 6.79. The molecular weight excluding hydrogens is 458 g/mol. The Kier molecular flexibility index (Phi) is 7.04. The predicted octanol–water partition coefficient (Wildman–Crippen LogP) is 5.48. The highest BCUT2D eigenvalue weighted by atomic mass is 32.2. The molecule has 8 nitrogen and oxygen atoms in total. The van der Waals surface area contributed by atoms with Crippen LogP contribution < -0.4 is 10.6 Å². The summed E-state index contributed by atoms with van der Waals surface area (Å²) in [5.74, 6) is -0.276. The van der Waals surface area contributed by atoms with Crippen LogP contribution in [0.3, 0.4) is 0 Å². The van der Waals surface area contributed by atoms with Crippen LogP contribution in [-0.2, 0) is 14.6 Å². The Bertz CT molecular complexity index is 1280. The van der Waals surface area contributed by atoms with Crippen LogP contribution in [0.25, 0.3) is 10.2 Å². The van der Waals surface area contributed by atoms with Gasteiger partial charge in [0, 0.05) is 18.0 Å². The van der Waals surface area contributed by atoms with Crippen molar-refractivity contribution < 1.29 is 13.2 Å². The highest BCUT2D eigenvalue weighted by Crippen LogP contribution is 2.35. The number of carbonyl (C=O) groups is 1. The van der Waals surface area contributed by atoms with Gasteiger partial charge in [-0.15, -0.1) is 5.11 Å². The maximum Gasteiger partial charge on any atom is 0.247 e. The molecule has 1 amide bonds. The van der Waals surface area contributed by atoms with Crippen molar-refractivity contribution in [2.24, 2.45) is 10.2 Å². The molecule has 1 aromatic heterocycles. The second kappa shape index (κ2) is 9.96. The summed E-state index contributed by atoms with van der Waals surface area (Å²) < 4.78 is 25.5. The van der Waals surface area contributed by atoms with E-state index in [0.29, 0.717) is 26.7 Å². The molecule has 0 spiro atoms. The number of hydrogen-bond acceptors (Lipinski definition) is 8. The van der Waals surface area contributed by atoms with Gasteiger partial charge in [-0.1, -0.05) is 48.3 Å². The molecule has 1 aliphatic rings. The minimum Gasteiger partial charge on any atom is -0.381 e. The summed E-state index contributed by atoms with van der Waals surface area (Å²) in [4.78, 5) is 16.8. The monoisotopic (exact) mass is 485 g/mol. The fourth-order valence-corrected chi connectivity index (χ4v) is 5.62. The van der Waals surface area contributed by atoms with E-state index in [4.69, 9.17) is 0 Å². The molecule has 1 saturated carbocycles. The number of rotatable bonds is 7. The molecular formula is C23H27N5O3S2. The lowest BCUT2D eigenvalue weighted by atomic mass is 9.95. The Morgan fingerprint density at radius 3 is 2.58 bits per heavy atom. The first-order valence-electron chi connectivity index (χ1n) is 10.9. The summed E-state index contributed by atoms with van der Waals surface area (Å²) in [5.41, 5.74) is 3.05. The molecule has 0 aliphatic heterocycles. The minimum absolute atomic E-state index is 0.132. The molecule has 10 heteroatoms. The first-order chi connectivity index (χ1) is 15.8. The zero-order valence-electron chi connectivity index (χ0n) is 18.7. The summed E-state index contributed by atoms with van der Waals surface area (Å²) in [6.45, 7) is 1.85. The first-order valence-corrected chi connectivity index (χ1v) is 13.6. The van der Waals surface area contributed by atoms with Gasteiger partial charge in [0.25, 0.3) is 0 Å². The van der Waals surface area contributed by atoms with Gasteiger partial charge in [-0.2, -0.15) is 5.11 Å². The molecule has 2 N–H and O–H groups in total. The molecule has 33 heavy (non-hydrogen) atoms. The SMILES string of the molecule is Cc1ccc(NC(=O)CN=Nc2nc3cc(NC4CCCCC4)c(S(C)(=O)=O)cc3s2)cc1. The van der Waals surface area contributed by atoms with Crippen LogP contribution in [0.5, 0.6) is 0 Å². The van der Waals surface area contributed by atoms with E-state index in [2.05, 4.69) is 25.8 Å². The van der Waals surface area contributed by atoms with Crippen LogP contribution in [0.4, 0.5) is 16.5 Å². The van der Waals surface area contributed by atoms with Crippen molar-refractivity contribution in [2.45, 2.75) is 50.0 Å². The Morgan fingerprint density at radius 1 is 1.15 bits per heavy atom. The van der Waals surface area contributed by atoms with Gasteiger partial charge in [0.2, 0.25) is 11.0 Å². The van der Waals surface area contributed by atoms with Gasteiger partial charge in [0.1, 0.15) is 6.54 Å². The van der Waals surface area contributed by atoms with Crippen LogP contribution in [0, 0.1) is 6.92 Å². The van der Waals surface area contributed by atoms with E-state index >= 15 is 0 Å². The summed E-state index contributed by atoms with van der Waals surface area (Å²) >= 11 is 1.24. The van der Waals surface area contributed by atoms with Gasteiger partial charge in [-0.25, -0.2) is 13.4 Å². The quantitative estimate of drug-likeness (QED) is 0.431. The minimum atomic E-state index is -3.42. The average molecular weight is 486 g/mol. The number of sulfone groups is 1. The average Bonchev–Trinajstić information content (AvgIpc) is 3.16. The maximum atomic E-state index is 12.4. The number of carbonyl (C=O) groups excluding carboxylic acids is 1. The zero-order valence-corrected chi connectivity index (χ0v) is 20.3. The summed E-state index contributed by atoms with van der Waals surface area (Å²) in [7, 11) is -3.42. The number of nitrogens with zero attached hydrogens (tertiary/aromatic N) is 3. The van der Waals surface area contributed by atoms with E-state index in [1.807, 2.05) is 31.2 Å². The van der Waals surface area contributed by atoms with Gasteiger partial charge >= 0.3 is 0 Å². The lowest BCUT2D eigenvalue weighted by Gasteiger charge is -2.24. The third-order valence-electron chi connectivity index (χ3n) is 5.55. The van der Waals surface area contributed by atoms with E-state index in [0.717, 1.165) is 31.2 Å². The van der Waals surface area contributed by atoms with Gasteiger partial charge in [-0.05, 0) is 44.0 Å². The molecule has 174 valence electrons. The molecule has 0 saturated heterocycles. The second-order valence-corrected chi connectivity index (χ2v) is 11.4. The largest absolute Gasteiger partial charge is 0.381 e. The number of nitrogens with one attached hydrogen (secondary N) is 2. The number of aryl methyl sites for hydroxylation is 1. The van der Waals surface area contributed by atoms with Crippen LogP contribution >= 0.6 is 11.3 Å².